The molecule has 1 heterocycles. The summed E-state index contributed by atoms with van der Waals surface area (Å²) >= 11 is 0. The number of nitrogens with one attached hydrogen (secondary N) is 1. The van der Waals surface area contributed by atoms with Gasteiger partial charge in [-0.2, -0.15) is 0 Å². The van der Waals surface area contributed by atoms with E-state index in [2.05, 4.69) is 5.32 Å². The second-order valence-electron chi connectivity index (χ2n) is 7.78. The van der Waals surface area contributed by atoms with E-state index in [-0.39, 0.29) is 35.7 Å². The van der Waals surface area contributed by atoms with Gasteiger partial charge in [-0.3, -0.25) is 9.59 Å². The zero-order chi connectivity index (χ0) is 17.9. The molecule has 0 aromatic heterocycles. The Labute approximate surface area is 156 Å². The number of likely N-dealkylation sites (tertiary alicyclic amines) is 1. The van der Waals surface area contributed by atoms with Crippen molar-refractivity contribution in [2.24, 2.45) is 11.1 Å². The molecule has 2 amide bonds. The molecule has 0 aliphatic carbocycles. The van der Waals surface area contributed by atoms with Gasteiger partial charge >= 0.3 is 0 Å². The van der Waals surface area contributed by atoms with Crippen molar-refractivity contribution in [1.29, 1.82) is 0 Å². The predicted octanol–water partition coefficient (Wildman–Crippen LogP) is 2.51. The van der Waals surface area contributed by atoms with Crippen LogP contribution in [0.2, 0.25) is 0 Å². The minimum Gasteiger partial charge on any atom is -0.352 e. The summed E-state index contributed by atoms with van der Waals surface area (Å²) in [4.78, 5) is 26.6. The fourth-order valence-corrected chi connectivity index (χ4v) is 2.79. The molecule has 0 saturated carbocycles. The molecule has 0 unspecified atom stereocenters. The molecule has 6 heteroatoms. The zero-order valence-electron chi connectivity index (χ0n) is 15.5. The van der Waals surface area contributed by atoms with Crippen molar-refractivity contribution >= 4 is 24.2 Å². The summed E-state index contributed by atoms with van der Waals surface area (Å²) in [5, 5.41) is 3.03. The van der Waals surface area contributed by atoms with Gasteiger partial charge in [-0.1, -0.05) is 38.5 Å². The number of carbonyl (C=O) groups is 2. The first-order valence-electron chi connectivity index (χ1n) is 8.60. The molecule has 3 N–H and O–H groups in total. The molecule has 1 saturated heterocycles. The third-order valence-electron chi connectivity index (χ3n) is 4.64. The number of piperidine rings is 1. The van der Waals surface area contributed by atoms with E-state index < -0.39 is 6.04 Å². The number of halogens is 1. The molecule has 1 aromatic carbocycles. The molecule has 1 atom stereocenters. The van der Waals surface area contributed by atoms with Crippen molar-refractivity contribution in [3.8, 4) is 0 Å². The van der Waals surface area contributed by atoms with Crippen LogP contribution in [0.5, 0.6) is 0 Å². The van der Waals surface area contributed by atoms with Crippen LogP contribution in [-0.4, -0.2) is 41.9 Å². The largest absolute Gasteiger partial charge is 0.352 e. The van der Waals surface area contributed by atoms with Gasteiger partial charge in [-0.15, -0.1) is 12.4 Å². The van der Waals surface area contributed by atoms with E-state index in [9.17, 15) is 9.59 Å². The Balaban J connectivity index is 0.00000312. The number of carbonyl (C=O) groups excluding carboxylic acids is 2. The van der Waals surface area contributed by atoms with E-state index in [1.165, 1.54) is 0 Å². The van der Waals surface area contributed by atoms with Crippen LogP contribution in [0.1, 0.15) is 49.5 Å². The van der Waals surface area contributed by atoms with Gasteiger partial charge < -0.3 is 16.0 Å². The Hall–Kier alpha value is -1.59. The van der Waals surface area contributed by atoms with E-state index in [1.807, 2.05) is 56.9 Å². The zero-order valence-corrected chi connectivity index (χ0v) is 16.4. The van der Waals surface area contributed by atoms with Crippen molar-refractivity contribution < 1.29 is 9.59 Å². The second kappa shape index (κ2) is 8.68. The molecule has 1 aliphatic rings. The highest BCUT2D eigenvalue weighted by Gasteiger charge is 2.30. The van der Waals surface area contributed by atoms with Gasteiger partial charge in [-0.05, 0) is 37.3 Å². The van der Waals surface area contributed by atoms with Crippen LogP contribution in [0, 0.1) is 12.3 Å². The minimum atomic E-state index is -0.523. The van der Waals surface area contributed by atoms with Crippen LogP contribution in [0.4, 0.5) is 0 Å². The molecule has 5 nitrogen and oxygen atoms in total. The third kappa shape index (κ3) is 5.72. The fraction of sp³-hybridized carbons (Fsp3) is 0.579. The summed E-state index contributed by atoms with van der Waals surface area (Å²) in [6.45, 7) is 9.19. The first kappa shape index (κ1) is 21.5. The van der Waals surface area contributed by atoms with Crippen LogP contribution in [0.25, 0.3) is 0 Å². The van der Waals surface area contributed by atoms with Gasteiger partial charge in [0.1, 0.15) is 0 Å². The highest BCUT2D eigenvalue weighted by molar-refractivity contribution is 5.94. The lowest BCUT2D eigenvalue weighted by Gasteiger charge is -2.34. The topological polar surface area (TPSA) is 75.4 Å². The summed E-state index contributed by atoms with van der Waals surface area (Å²) in [6, 6.07) is 7.21. The molecule has 0 bridgehead atoms. The van der Waals surface area contributed by atoms with Crippen LogP contribution in [0.3, 0.4) is 0 Å². The number of nitrogens with zero attached hydrogens (tertiary/aromatic N) is 1. The van der Waals surface area contributed by atoms with Crippen molar-refractivity contribution in [3.63, 3.8) is 0 Å². The van der Waals surface area contributed by atoms with Gasteiger partial charge in [0.2, 0.25) is 5.91 Å². The fourth-order valence-electron chi connectivity index (χ4n) is 2.79. The predicted molar refractivity (Wildman–Crippen MR) is 103 cm³/mol. The van der Waals surface area contributed by atoms with Crippen molar-refractivity contribution in [2.45, 2.75) is 52.6 Å². The molecule has 140 valence electrons. The van der Waals surface area contributed by atoms with Gasteiger partial charge in [-0.25, -0.2) is 0 Å². The summed E-state index contributed by atoms with van der Waals surface area (Å²) in [5.74, 6) is -0.0445. The molecule has 2 rings (SSSR count). The first-order valence-corrected chi connectivity index (χ1v) is 8.60. The normalized spacial score (nSPS) is 16.8. The first-order chi connectivity index (χ1) is 11.2. The SMILES string of the molecule is Cc1ccc(C(=O)N2CCC(NC(=O)[C@@H](N)C(C)(C)C)CC2)cc1.Cl. The number of hydrogen-bond donors (Lipinski definition) is 2. The Bertz CT molecular complexity index is 588. The number of nitrogens with two attached hydrogens (primary N) is 1. The second-order valence-corrected chi connectivity index (χ2v) is 7.78. The van der Waals surface area contributed by atoms with Gasteiger partial charge in [0.15, 0.2) is 0 Å². The van der Waals surface area contributed by atoms with Crippen molar-refractivity contribution in [2.75, 3.05) is 13.1 Å². The van der Waals surface area contributed by atoms with Crippen molar-refractivity contribution in [1.82, 2.24) is 10.2 Å². The molecule has 1 fully saturated rings. The lowest BCUT2D eigenvalue weighted by Crippen LogP contribution is -2.54. The van der Waals surface area contributed by atoms with Crippen LogP contribution < -0.4 is 11.1 Å². The molecule has 25 heavy (non-hydrogen) atoms. The number of rotatable bonds is 3. The summed E-state index contributed by atoms with van der Waals surface area (Å²) in [7, 11) is 0. The Kier molecular flexibility index (Phi) is 7.44. The lowest BCUT2D eigenvalue weighted by molar-refractivity contribution is -0.125. The maximum atomic E-state index is 12.5. The van der Waals surface area contributed by atoms with Gasteiger partial charge in [0.25, 0.3) is 5.91 Å². The maximum Gasteiger partial charge on any atom is 0.253 e. The van der Waals surface area contributed by atoms with Crippen molar-refractivity contribution in [3.05, 3.63) is 35.4 Å². The quantitative estimate of drug-likeness (QED) is 0.861. The molecular formula is C19H30ClN3O2. The average molecular weight is 368 g/mol. The highest BCUT2D eigenvalue weighted by atomic mass is 35.5. The summed E-state index contributed by atoms with van der Waals surface area (Å²) in [6.07, 6.45) is 1.53. The Morgan fingerprint density at radius 1 is 1.16 bits per heavy atom. The number of hydrogen-bond acceptors (Lipinski definition) is 3. The van der Waals surface area contributed by atoms with E-state index in [1.54, 1.807) is 0 Å². The van der Waals surface area contributed by atoms with E-state index >= 15 is 0 Å². The molecule has 0 radical (unpaired) electrons. The van der Waals surface area contributed by atoms with E-state index in [4.69, 9.17) is 5.73 Å². The number of benzene rings is 1. The molecular weight excluding hydrogens is 338 g/mol. The smallest absolute Gasteiger partial charge is 0.253 e. The number of amides is 2. The summed E-state index contributed by atoms with van der Waals surface area (Å²) < 4.78 is 0. The number of aryl methyl sites for hydroxylation is 1. The molecule has 1 aromatic rings. The standard InChI is InChI=1S/C19H29N3O2.ClH/c1-13-5-7-14(8-6-13)18(24)22-11-9-15(10-12-22)21-17(23)16(20)19(2,3)4;/h5-8,15-16H,9-12,20H2,1-4H3,(H,21,23);1H/t16-;/m1./s1. The monoisotopic (exact) mass is 367 g/mol. The summed E-state index contributed by atoms with van der Waals surface area (Å²) in [5.41, 5.74) is 7.60. The third-order valence-corrected chi connectivity index (χ3v) is 4.64. The lowest BCUT2D eigenvalue weighted by atomic mass is 9.86. The maximum absolute atomic E-state index is 12.5. The minimum absolute atomic E-state index is 0. The Morgan fingerprint density at radius 2 is 1.68 bits per heavy atom. The van der Waals surface area contributed by atoms with E-state index in [0.29, 0.717) is 13.1 Å². The highest BCUT2D eigenvalue weighted by Crippen LogP contribution is 2.19. The van der Waals surface area contributed by atoms with Gasteiger partial charge in [0.05, 0.1) is 6.04 Å². The molecule has 1 aliphatic heterocycles. The average Bonchev–Trinajstić information content (AvgIpc) is 2.54. The van der Waals surface area contributed by atoms with Crippen LogP contribution in [-0.2, 0) is 4.79 Å². The van der Waals surface area contributed by atoms with Crippen LogP contribution >= 0.6 is 12.4 Å². The van der Waals surface area contributed by atoms with Gasteiger partial charge in [0, 0.05) is 24.7 Å². The van der Waals surface area contributed by atoms with Crippen LogP contribution in [0.15, 0.2) is 24.3 Å². The Morgan fingerprint density at radius 3 is 2.16 bits per heavy atom. The molecule has 0 spiro atoms. The van der Waals surface area contributed by atoms with E-state index in [0.717, 1.165) is 24.0 Å².